The Morgan fingerprint density at radius 3 is 2.61 bits per heavy atom. The summed E-state index contributed by atoms with van der Waals surface area (Å²) in [4.78, 5) is 28.0. The molecule has 0 radical (unpaired) electrons. The molecule has 1 fully saturated rings. The predicted octanol–water partition coefficient (Wildman–Crippen LogP) is 1.15. The van der Waals surface area contributed by atoms with Gasteiger partial charge < -0.3 is 15.1 Å². The first-order valence-electron chi connectivity index (χ1n) is 7.67. The van der Waals surface area contributed by atoms with Crippen LogP contribution in [0.1, 0.15) is 12.5 Å². The molecule has 1 N–H and O–H groups in total. The number of aromatic nitrogens is 3. The highest BCUT2D eigenvalue weighted by atomic mass is 16.2. The van der Waals surface area contributed by atoms with Crippen LogP contribution in [0.5, 0.6) is 0 Å². The monoisotopic (exact) mass is 312 g/mol. The summed E-state index contributed by atoms with van der Waals surface area (Å²) in [5.74, 6) is 1.81. The Labute approximate surface area is 135 Å². The number of carbonyl (C=O) groups excluding carboxylic acids is 1. The van der Waals surface area contributed by atoms with Gasteiger partial charge in [0.2, 0.25) is 5.91 Å². The third-order valence-corrected chi connectivity index (χ3v) is 3.92. The molecule has 7 heteroatoms. The molecule has 1 saturated heterocycles. The Hall–Kier alpha value is -2.70. The van der Waals surface area contributed by atoms with Crippen molar-refractivity contribution in [2.24, 2.45) is 0 Å². The van der Waals surface area contributed by atoms with Crippen LogP contribution in [0.4, 0.5) is 11.6 Å². The topological polar surface area (TPSA) is 74.2 Å². The summed E-state index contributed by atoms with van der Waals surface area (Å²) in [5.41, 5.74) is 1.15. The highest BCUT2D eigenvalue weighted by Gasteiger charge is 2.19. The van der Waals surface area contributed by atoms with Crippen LogP contribution in [-0.4, -0.2) is 51.9 Å². The van der Waals surface area contributed by atoms with Crippen LogP contribution in [0.15, 0.2) is 36.9 Å². The second-order valence-corrected chi connectivity index (χ2v) is 5.46. The van der Waals surface area contributed by atoms with Gasteiger partial charge in [0, 0.05) is 58.1 Å². The Morgan fingerprint density at radius 2 is 1.91 bits per heavy atom. The summed E-state index contributed by atoms with van der Waals surface area (Å²) in [7, 11) is 0. The largest absolute Gasteiger partial charge is 0.366 e. The molecule has 2 aromatic rings. The zero-order valence-corrected chi connectivity index (χ0v) is 13.1. The van der Waals surface area contributed by atoms with Gasteiger partial charge in [0.15, 0.2) is 0 Å². The van der Waals surface area contributed by atoms with E-state index in [-0.39, 0.29) is 5.91 Å². The summed E-state index contributed by atoms with van der Waals surface area (Å²) in [6.45, 7) is 5.36. The predicted molar refractivity (Wildman–Crippen MR) is 88.1 cm³/mol. The van der Waals surface area contributed by atoms with Crippen LogP contribution in [0.2, 0.25) is 0 Å². The zero-order valence-electron chi connectivity index (χ0n) is 13.1. The third kappa shape index (κ3) is 3.94. The number of carbonyl (C=O) groups is 1. The lowest BCUT2D eigenvalue weighted by Crippen LogP contribution is -2.48. The molecule has 3 rings (SSSR count). The maximum absolute atomic E-state index is 11.4. The molecule has 0 atom stereocenters. The van der Waals surface area contributed by atoms with Crippen molar-refractivity contribution in [3.8, 4) is 0 Å². The third-order valence-electron chi connectivity index (χ3n) is 3.92. The number of pyridine rings is 1. The molecule has 1 aliphatic heterocycles. The van der Waals surface area contributed by atoms with E-state index in [9.17, 15) is 4.79 Å². The van der Waals surface area contributed by atoms with Gasteiger partial charge in [-0.3, -0.25) is 9.78 Å². The second kappa shape index (κ2) is 7.04. The first kappa shape index (κ1) is 15.2. The Balaban J connectivity index is 1.60. The van der Waals surface area contributed by atoms with Crippen LogP contribution in [0.25, 0.3) is 0 Å². The lowest BCUT2D eigenvalue weighted by Gasteiger charge is -2.34. The minimum absolute atomic E-state index is 0.132. The number of anilines is 2. The lowest BCUT2D eigenvalue weighted by atomic mass is 10.2. The molecule has 120 valence electrons. The van der Waals surface area contributed by atoms with Gasteiger partial charge in [-0.25, -0.2) is 9.97 Å². The Bertz CT molecular complexity index is 655. The lowest BCUT2D eigenvalue weighted by molar-refractivity contribution is -0.129. The summed E-state index contributed by atoms with van der Waals surface area (Å²) < 4.78 is 0. The van der Waals surface area contributed by atoms with Crippen LogP contribution in [0.3, 0.4) is 0 Å². The molecule has 7 nitrogen and oxygen atoms in total. The van der Waals surface area contributed by atoms with Gasteiger partial charge in [-0.2, -0.15) is 0 Å². The quantitative estimate of drug-likeness (QED) is 0.913. The fourth-order valence-corrected chi connectivity index (χ4v) is 2.56. The minimum Gasteiger partial charge on any atom is -0.366 e. The number of hydrogen-bond acceptors (Lipinski definition) is 6. The van der Waals surface area contributed by atoms with E-state index in [0.29, 0.717) is 6.54 Å². The molecule has 0 bridgehead atoms. The maximum atomic E-state index is 11.4. The highest BCUT2D eigenvalue weighted by Crippen LogP contribution is 2.16. The van der Waals surface area contributed by atoms with E-state index in [2.05, 4.69) is 25.2 Å². The van der Waals surface area contributed by atoms with Gasteiger partial charge in [-0.05, 0) is 17.7 Å². The van der Waals surface area contributed by atoms with Crippen molar-refractivity contribution in [1.82, 2.24) is 19.9 Å². The molecule has 2 aromatic heterocycles. The molecule has 0 aromatic carbocycles. The van der Waals surface area contributed by atoms with Crippen molar-refractivity contribution in [3.05, 3.63) is 42.5 Å². The number of hydrogen-bond donors (Lipinski definition) is 1. The molecule has 1 aliphatic rings. The molecule has 0 spiro atoms. The Kier molecular flexibility index (Phi) is 4.65. The molecule has 0 saturated carbocycles. The highest BCUT2D eigenvalue weighted by molar-refractivity contribution is 5.73. The first-order valence-corrected chi connectivity index (χ1v) is 7.67. The fourth-order valence-electron chi connectivity index (χ4n) is 2.56. The van der Waals surface area contributed by atoms with E-state index < -0.39 is 0 Å². The van der Waals surface area contributed by atoms with E-state index in [0.717, 1.165) is 43.4 Å². The van der Waals surface area contributed by atoms with E-state index in [4.69, 9.17) is 0 Å². The number of amides is 1. The van der Waals surface area contributed by atoms with Crippen LogP contribution < -0.4 is 10.2 Å². The normalized spacial score (nSPS) is 14.7. The second-order valence-electron chi connectivity index (χ2n) is 5.46. The van der Waals surface area contributed by atoms with Crippen molar-refractivity contribution in [1.29, 1.82) is 0 Å². The molecular formula is C16H20N6O. The smallest absolute Gasteiger partial charge is 0.219 e. The van der Waals surface area contributed by atoms with Crippen molar-refractivity contribution < 1.29 is 4.79 Å². The maximum Gasteiger partial charge on any atom is 0.219 e. The van der Waals surface area contributed by atoms with Crippen LogP contribution in [0, 0.1) is 0 Å². The van der Waals surface area contributed by atoms with E-state index >= 15 is 0 Å². The van der Waals surface area contributed by atoms with Gasteiger partial charge in [0.1, 0.15) is 18.0 Å². The van der Waals surface area contributed by atoms with Crippen molar-refractivity contribution >= 4 is 17.5 Å². The fraction of sp³-hybridized carbons (Fsp3) is 0.375. The summed E-state index contributed by atoms with van der Waals surface area (Å²) in [6, 6.07) is 5.89. The standard InChI is InChI=1S/C16H20N6O/c1-13(23)21-6-8-22(9-7-21)16-10-15(19-12-20-16)18-11-14-2-4-17-5-3-14/h2-5,10,12H,6-9,11H2,1H3,(H,18,19,20). The van der Waals surface area contributed by atoms with Crippen LogP contribution >= 0.6 is 0 Å². The van der Waals surface area contributed by atoms with Gasteiger partial charge in [-0.1, -0.05) is 0 Å². The van der Waals surface area contributed by atoms with Crippen molar-refractivity contribution in [2.75, 3.05) is 36.4 Å². The summed E-state index contributed by atoms with van der Waals surface area (Å²) in [6.07, 6.45) is 5.12. The SMILES string of the molecule is CC(=O)N1CCN(c2cc(NCc3ccncc3)ncn2)CC1. The average Bonchev–Trinajstić information content (AvgIpc) is 2.61. The van der Waals surface area contributed by atoms with Crippen LogP contribution in [-0.2, 0) is 11.3 Å². The number of nitrogens with one attached hydrogen (secondary N) is 1. The van der Waals surface area contributed by atoms with Gasteiger partial charge in [0.25, 0.3) is 0 Å². The van der Waals surface area contributed by atoms with E-state index in [1.54, 1.807) is 25.6 Å². The van der Waals surface area contributed by atoms with Crippen molar-refractivity contribution in [3.63, 3.8) is 0 Å². The molecule has 0 unspecified atom stereocenters. The zero-order chi connectivity index (χ0) is 16.1. The molecule has 1 amide bonds. The summed E-state index contributed by atoms with van der Waals surface area (Å²) >= 11 is 0. The molecule has 3 heterocycles. The number of nitrogens with zero attached hydrogens (tertiary/aromatic N) is 5. The number of piperazine rings is 1. The average molecular weight is 312 g/mol. The van der Waals surface area contributed by atoms with Gasteiger partial charge >= 0.3 is 0 Å². The van der Waals surface area contributed by atoms with E-state index in [1.807, 2.05) is 23.1 Å². The minimum atomic E-state index is 0.132. The molecular weight excluding hydrogens is 292 g/mol. The van der Waals surface area contributed by atoms with Crippen molar-refractivity contribution in [2.45, 2.75) is 13.5 Å². The molecule has 23 heavy (non-hydrogen) atoms. The van der Waals surface area contributed by atoms with Gasteiger partial charge in [-0.15, -0.1) is 0 Å². The number of rotatable bonds is 4. The first-order chi connectivity index (χ1) is 11.2. The van der Waals surface area contributed by atoms with Gasteiger partial charge in [0.05, 0.1) is 0 Å². The molecule has 0 aliphatic carbocycles. The van der Waals surface area contributed by atoms with E-state index in [1.165, 1.54) is 0 Å². The summed E-state index contributed by atoms with van der Waals surface area (Å²) in [5, 5.41) is 3.30. The Morgan fingerprint density at radius 1 is 1.17 bits per heavy atom.